The molecule has 2 N–H and O–H groups in total. The summed E-state index contributed by atoms with van der Waals surface area (Å²) in [6.45, 7) is 3.21. The molecular formula is C22H23FN4O2. The Morgan fingerprint density at radius 2 is 1.90 bits per heavy atom. The molecule has 0 heterocycles. The Bertz CT molecular complexity index is 943. The van der Waals surface area contributed by atoms with Crippen LogP contribution in [-0.2, 0) is 11.5 Å². The normalized spacial score (nSPS) is 12.3. The van der Waals surface area contributed by atoms with Crippen molar-refractivity contribution in [3.05, 3.63) is 59.2 Å². The van der Waals surface area contributed by atoms with E-state index in [4.69, 9.17) is 10.5 Å². The lowest BCUT2D eigenvalue weighted by Gasteiger charge is -2.32. The van der Waals surface area contributed by atoms with Crippen LogP contribution in [0.5, 0.6) is 0 Å². The molecular weight excluding hydrogens is 371 g/mol. The molecule has 2 aromatic carbocycles. The smallest absolute Gasteiger partial charge is 0.257 e. The third kappa shape index (κ3) is 5.54. The SMILES string of the molecule is CCCN(C[C@](C)(O)C(=O)Nc1ccc(C#N)c(CF)c1)c1ccc(C#N)cc1. The number of hydrogen-bond acceptors (Lipinski definition) is 5. The summed E-state index contributed by atoms with van der Waals surface area (Å²) in [5.74, 6) is -0.637. The summed E-state index contributed by atoms with van der Waals surface area (Å²) in [6.07, 6.45) is 0.799. The maximum atomic E-state index is 13.1. The van der Waals surface area contributed by atoms with Crippen LogP contribution >= 0.6 is 0 Å². The van der Waals surface area contributed by atoms with Crippen LogP contribution < -0.4 is 10.2 Å². The maximum Gasteiger partial charge on any atom is 0.257 e. The van der Waals surface area contributed by atoms with E-state index in [0.717, 1.165) is 12.1 Å². The zero-order valence-corrected chi connectivity index (χ0v) is 16.4. The molecule has 6 nitrogen and oxygen atoms in total. The third-order valence-corrected chi connectivity index (χ3v) is 4.47. The van der Waals surface area contributed by atoms with Crippen molar-refractivity contribution in [2.24, 2.45) is 0 Å². The predicted octanol–water partition coefficient (Wildman–Crippen LogP) is 3.51. The first kappa shape index (κ1) is 21.9. The second kappa shape index (κ2) is 9.68. The Labute approximate surface area is 169 Å². The number of aliphatic hydroxyl groups is 1. The molecule has 2 aromatic rings. The number of nitriles is 2. The van der Waals surface area contributed by atoms with Crippen molar-refractivity contribution in [2.45, 2.75) is 32.5 Å². The van der Waals surface area contributed by atoms with Crippen LogP contribution in [0.3, 0.4) is 0 Å². The molecule has 1 amide bonds. The van der Waals surface area contributed by atoms with Crippen LogP contribution in [0.4, 0.5) is 15.8 Å². The van der Waals surface area contributed by atoms with Gasteiger partial charge in [-0.3, -0.25) is 4.79 Å². The molecule has 29 heavy (non-hydrogen) atoms. The van der Waals surface area contributed by atoms with Crippen molar-refractivity contribution in [2.75, 3.05) is 23.3 Å². The second-order valence-corrected chi connectivity index (χ2v) is 6.93. The largest absolute Gasteiger partial charge is 0.378 e. The summed E-state index contributed by atoms with van der Waals surface area (Å²) in [5.41, 5.74) is 0.271. The highest BCUT2D eigenvalue weighted by Gasteiger charge is 2.33. The van der Waals surface area contributed by atoms with Gasteiger partial charge < -0.3 is 15.3 Å². The van der Waals surface area contributed by atoms with Gasteiger partial charge in [-0.1, -0.05) is 6.92 Å². The van der Waals surface area contributed by atoms with Crippen molar-refractivity contribution in [3.63, 3.8) is 0 Å². The number of nitrogens with zero attached hydrogens (tertiary/aromatic N) is 3. The minimum absolute atomic E-state index is 0.0326. The van der Waals surface area contributed by atoms with Gasteiger partial charge in [-0.2, -0.15) is 10.5 Å². The van der Waals surface area contributed by atoms with Gasteiger partial charge in [0.15, 0.2) is 5.60 Å². The molecule has 2 rings (SSSR count). The quantitative estimate of drug-likeness (QED) is 0.714. The fourth-order valence-electron chi connectivity index (χ4n) is 2.92. The third-order valence-electron chi connectivity index (χ3n) is 4.47. The molecule has 0 aliphatic heterocycles. The van der Waals surface area contributed by atoms with Crippen molar-refractivity contribution in [1.82, 2.24) is 0 Å². The summed E-state index contributed by atoms with van der Waals surface area (Å²) in [7, 11) is 0. The molecule has 150 valence electrons. The Balaban J connectivity index is 2.17. The Morgan fingerprint density at radius 3 is 2.45 bits per heavy atom. The Morgan fingerprint density at radius 1 is 1.21 bits per heavy atom. The van der Waals surface area contributed by atoms with Gasteiger partial charge in [0.25, 0.3) is 5.91 Å². The number of benzene rings is 2. The lowest BCUT2D eigenvalue weighted by Crippen LogP contribution is -2.50. The van der Waals surface area contributed by atoms with E-state index in [2.05, 4.69) is 11.4 Å². The molecule has 0 bridgehead atoms. The number of rotatable bonds is 8. The molecule has 7 heteroatoms. The first-order chi connectivity index (χ1) is 13.8. The van der Waals surface area contributed by atoms with E-state index in [9.17, 15) is 14.3 Å². The molecule has 0 saturated carbocycles. The Hall–Kier alpha value is -3.42. The van der Waals surface area contributed by atoms with E-state index in [1.165, 1.54) is 25.1 Å². The molecule has 0 spiro atoms. The van der Waals surface area contributed by atoms with Crippen LogP contribution in [0.15, 0.2) is 42.5 Å². The number of alkyl halides is 1. The summed E-state index contributed by atoms with van der Waals surface area (Å²) in [6, 6.07) is 15.2. The molecule has 0 unspecified atom stereocenters. The minimum Gasteiger partial charge on any atom is -0.378 e. The summed E-state index contributed by atoms with van der Waals surface area (Å²) in [5, 5.41) is 31.3. The number of halogens is 1. The van der Waals surface area contributed by atoms with E-state index in [1.807, 2.05) is 17.9 Å². The van der Waals surface area contributed by atoms with Gasteiger partial charge in [-0.15, -0.1) is 0 Å². The average molecular weight is 394 g/mol. The van der Waals surface area contributed by atoms with Crippen LogP contribution in [0, 0.1) is 22.7 Å². The number of carbonyl (C=O) groups is 1. The van der Waals surface area contributed by atoms with Gasteiger partial charge >= 0.3 is 0 Å². The standard InChI is InChI=1S/C22H23FN4O2/c1-3-10-27(20-8-4-16(13-24)5-9-20)15-22(2,29)21(28)26-19-7-6-17(14-25)18(11-19)12-23/h4-9,11,29H,3,10,12,15H2,1-2H3,(H,26,28)/t22-/m0/s1. The summed E-state index contributed by atoms with van der Waals surface area (Å²) >= 11 is 0. The second-order valence-electron chi connectivity index (χ2n) is 6.93. The van der Waals surface area contributed by atoms with E-state index in [1.54, 1.807) is 24.3 Å². The van der Waals surface area contributed by atoms with Crippen LogP contribution in [-0.4, -0.2) is 29.7 Å². The molecule has 0 aromatic heterocycles. The number of nitrogens with one attached hydrogen (secondary N) is 1. The highest BCUT2D eigenvalue weighted by molar-refractivity contribution is 5.97. The zero-order valence-electron chi connectivity index (χ0n) is 16.4. The fourth-order valence-corrected chi connectivity index (χ4v) is 2.92. The highest BCUT2D eigenvalue weighted by Crippen LogP contribution is 2.21. The van der Waals surface area contributed by atoms with Crippen molar-refractivity contribution in [1.29, 1.82) is 10.5 Å². The molecule has 0 radical (unpaired) electrons. The van der Waals surface area contributed by atoms with Crippen LogP contribution in [0.1, 0.15) is 37.0 Å². The molecule has 0 aliphatic carbocycles. The lowest BCUT2D eigenvalue weighted by molar-refractivity contribution is -0.131. The topological polar surface area (TPSA) is 100 Å². The number of carbonyl (C=O) groups excluding carboxylic acids is 1. The van der Waals surface area contributed by atoms with Crippen LogP contribution in [0.25, 0.3) is 0 Å². The predicted molar refractivity (Wildman–Crippen MR) is 109 cm³/mol. The number of amides is 1. The van der Waals surface area contributed by atoms with Gasteiger partial charge in [0.05, 0.1) is 29.8 Å². The molecule has 0 saturated heterocycles. The molecule has 0 fully saturated rings. The fraction of sp³-hybridized carbons (Fsp3) is 0.318. The maximum absolute atomic E-state index is 13.1. The van der Waals surface area contributed by atoms with E-state index >= 15 is 0 Å². The monoisotopic (exact) mass is 394 g/mol. The van der Waals surface area contributed by atoms with Crippen molar-refractivity contribution >= 4 is 17.3 Å². The number of anilines is 2. The first-order valence-electron chi connectivity index (χ1n) is 9.22. The summed E-state index contributed by atoms with van der Waals surface area (Å²) in [4.78, 5) is 14.5. The first-order valence-corrected chi connectivity index (χ1v) is 9.22. The number of hydrogen-bond donors (Lipinski definition) is 2. The van der Waals surface area contributed by atoms with E-state index < -0.39 is 18.2 Å². The van der Waals surface area contributed by atoms with Gasteiger partial charge in [0, 0.05) is 23.5 Å². The van der Waals surface area contributed by atoms with Crippen molar-refractivity contribution < 1.29 is 14.3 Å². The zero-order chi connectivity index (χ0) is 21.4. The Kier molecular flexibility index (Phi) is 7.30. The molecule has 0 aliphatic rings. The van der Waals surface area contributed by atoms with E-state index in [0.29, 0.717) is 17.8 Å². The van der Waals surface area contributed by atoms with Gasteiger partial charge in [-0.25, -0.2) is 4.39 Å². The average Bonchev–Trinajstić information content (AvgIpc) is 2.73. The van der Waals surface area contributed by atoms with Gasteiger partial charge in [-0.05, 0) is 55.8 Å². The minimum atomic E-state index is -1.73. The van der Waals surface area contributed by atoms with E-state index in [-0.39, 0.29) is 17.7 Å². The highest BCUT2D eigenvalue weighted by atomic mass is 19.1. The van der Waals surface area contributed by atoms with Crippen molar-refractivity contribution in [3.8, 4) is 12.1 Å². The van der Waals surface area contributed by atoms with Crippen LogP contribution in [0.2, 0.25) is 0 Å². The lowest BCUT2D eigenvalue weighted by atomic mass is 10.0. The summed E-state index contributed by atoms with van der Waals surface area (Å²) < 4.78 is 13.1. The van der Waals surface area contributed by atoms with Gasteiger partial charge in [0.2, 0.25) is 0 Å². The van der Waals surface area contributed by atoms with Gasteiger partial charge in [0.1, 0.15) is 6.67 Å². The molecule has 1 atom stereocenters.